The molecule has 0 saturated carbocycles. The van der Waals surface area contributed by atoms with Gasteiger partial charge in [0.05, 0.1) is 18.0 Å². The zero-order valence-corrected chi connectivity index (χ0v) is 15.7. The molecular weight excluding hydrogens is 356 g/mol. The third kappa shape index (κ3) is 2.60. The van der Waals surface area contributed by atoms with Gasteiger partial charge < -0.3 is 19.4 Å². The zero-order valence-electron chi connectivity index (χ0n) is 15.7. The molecule has 0 aliphatic carbocycles. The van der Waals surface area contributed by atoms with Crippen LogP contribution in [0.4, 0.5) is 5.82 Å². The lowest BCUT2D eigenvalue weighted by molar-refractivity contribution is 0.0141. The molecular formula is C21H22N4O3. The fourth-order valence-corrected chi connectivity index (χ4v) is 5.20. The third-order valence-corrected chi connectivity index (χ3v) is 6.52. The van der Waals surface area contributed by atoms with Gasteiger partial charge in [0.15, 0.2) is 5.76 Å². The zero-order chi connectivity index (χ0) is 19.3. The minimum absolute atomic E-state index is 0.162. The number of furan rings is 1. The number of anilines is 1. The molecule has 5 heterocycles. The number of ether oxygens (including phenoxy) is 1. The van der Waals surface area contributed by atoms with Crippen molar-refractivity contribution in [2.75, 3.05) is 24.5 Å². The summed E-state index contributed by atoms with van der Waals surface area (Å²) in [5.74, 6) is 1.65. The number of nitriles is 1. The molecule has 2 bridgehead atoms. The maximum atomic E-state index is 12.4. The Morgan fingerprint density at radius 1 is 1.46 bits per heavy atom. The molecule has 1 spiro atoms. The van der Waals surface area contributed by atoms with Gasteiger partial charge in [-0.2, -0.15) is 5.26 Å². The van der Waals surface area contributed by atoms with Crippen LogP contribution in [0.1, 0.15) is 34.7 Å². The Labute approximate surface area is 163 Å². The lowest BCUT2D eigenvalue weighted by Crippen LogP contribution is -2.41. The normalized spacial score (nSPS) is 30.3. The Hall–Kier alpha value is -2.85. The molecule has 2 aromatic rings. The summed E-state index contributed by atoms with van der Waals surface area (Å²) in [5.41, 5.74) is 1.11. The molecule has 4 atom stereocenters. The predicted octanol–water partition coefficient (Wildman–Crippen LogP) is 2.27. The highest BCUT2D eigenvalue weighted by molar-refractivity contribution is 5.92. The van der Waals surface area contributed by atoms with Crippen LogP contribution < -0.4 is 10.2 Å². The van der Waals surface area contributed by atoms with E-state index in [2.05, 4.69) is 21.3 Å². The van der Waals surface area contributed by atoms with E-state index in [4.69, 9.17) is 14.4 Å². The number of amides is 1. The van der Waals surface area contributed by atoms with Crippen LogP contribution in [0.2, 0.25) is 0 Å². The van der Waals surface area contributed by atoms with E-state index >= 15 is 0 Å². The number of nitrogens with one attached hydrogen (secondary N) is 1. The van der Waals surface area contributed by atoms with E-state index in [1.165, 1.54) is 6.26 Å². The standard InChI is InChI=1S/C21H22N4O3/c1-13-6-8-27-19(13)20(26)23-10-15-16-11-25(12-21(16)7-5-17(15)28-21)18-4-2-3-14(9-22)24-18/h2-4,6,8,15-17H,5,7,10-12H2,1H3,(H,23,26)/t15-,16+,17+,21+/m0/s1. The summed E-state index contributed by atoms with van der Waals surface area (Å²) < 4.78 is 11.7. The number of hydrogen-bond donors (Lipinski definition) is 1. The van der Waals surface area contributed by atoms with E-state index in [1.54, 1.807) is 12.1 Å². The van der Waals surface area contributed by atoms with Crippen molar-refractivity contribution in [1.29, 1.82) is 5.26 Å². The summed E-state index contributed by atoms with van der Waals surface area (Å²) in [6, 6.07) is 9.43. The average Bonchev–Trinajstić information content (AvgIpc) is 3.46. The number of aryl methyl sites for hydroxylation is 1. The highest BCUT2D eigenvalue weighted by Gasteiger charge is 2.63. The van der Waals surface area contributed by atoms with Crippen LogP contribution in [0.15, 0.2) is 34.9 Å². The SMILES string of the molecule is Cc1ccoc1C(=O)NC[C@H]1[C@H]2CN(c3cccc(C#N)n3)C[C@]23CC[C@H]1O3. The minimum Gasteiger partial charge on any atom is -0.459 e. The first-order chi connectivity index (χ1) is 13.6. The van der Waals surface area contributed by atoms with Crippen molar-refractivity contribution in [3.63, 3.8) is 0 Å². The molecule has 5 rings (SSSR count). The summed E-state index contributed by atoms with van der Waals surface area (Å²) in [5, 5.41) is 12.2. The summed E-state index contributed by atoms with van der Waals surface area (Å²) >= 11 is 0. The molecule has 3 saturated heterocycles. The number of carbonyl (C=O) groups is 1. The molecule has 2 aromatic heterocycles. The molecule has 1 amide bonds. The second-order valence-corrected chi connectivity index (χ2v) is 8.05. The third-order valence-electron chi connectivity index (χ3n) is 6.52. The second kappa shape index (κ2) is 6.35. The van der Waals surface area contributed by atoms with Crippen LogP contribution in [0.5, 0.6) is 0 Å². The number of carbonyl (C=O) groups excluding carboxylic acids is 1. The molecule has 0 radical (unpaired) electrons. The first-order valence-electron chi connectivity index (χ1n) is 9.72. The highest BCUT2D eigenvalue weighted by Crippen LogP contribution is 2.55. The van der Waals surface area contributed by atoms with Crippen LogP contribution in [-0.4, -0.2) is 42.2 Å². The molecule has 3 aliphatic rings. The van der Waals surface area contributed by atoms with E-state index < -0.39 is 0 Å². The van der Waals surface area contributed by atoms with Crippen LogP contribution in [0.25, 0.3) is 0 Å². The number of nitrogens with zero attached hydrogens (tertiary/aromatic N) is 3. The van der Waals surface area contributed by atoms with E-state index in [-0.39, 0.29) is 23.5 Å². The van der Waals surface area contributed by atoms with E-state index in [1.807, 2.05) is 19.1 Å². The molecule has 7 nitrogen and oxygen atoms in total. The van der Waals surface area contributed by atoms with Crippen LogP contribution in [0.3, 0.4) is 0 Å². The summed E-state index contributed by atoms with van der Waals surface area (Å²) in [7, 11) is 0. The summed E-state index contributed by atoms with van der Waals surface area (Å²) in [6.45, 7) is 4.07. The van der Waals surface area contributed by atoms with Crippen molar-refractivity contribution in [1.82, 2.24) is 10.3 Å². The Morgan fingerprint density at radius 3 is 3.14 bits per heavy atom. The smallest absolute Gasteiger partial charge is 0.287 e. The van der Waals surface area contributed by atoms with Gasteiger partial charge >= 0.3 is 0 Å². The largest absolute Gasteiger partial charge is 0.459 e. The minimum atomic E-state index is -0.169. The van der Waals surface area contributed by atoms with Crippen LogP contribution in [-0.2, 0) is 4.74 Å². The van der Waals surface area contributed by atoms with Gasteiger partial charge in [-0.3, -0.25) is 4.79 Å². The first-order valence-corrected chi connectivity index (χ1v) is 9.72. The molecule has 3 fully saturated rings. The van der Waals surface area contributed by atoms with Crippen LogP contribution in [0, 0.1) is 30.1 Å². The van der Waals surface area contributed by atoms with E-state index in [0.29, 0.717) is 23.9 Å². The summed E-state index contributed by atoms with van der Waals surface area (Å²) in [4.78, 5) is 19.1. The van der Waals surface area contributed by atoms with Crippen molar-refractivity contribution in [2.45, 2.75) is 31.5 Å². The average molecular weight is 378 g/mol. The maximum Gasteiger partial charge on any atom is 0.287 e. The Balaban J connectivity index is 1.31. The molecule has 0 unspecified atom stereocenters. The van der Waals surface area contributed by atoms with Gasteiger partial charge in [-0.25, -0.2) is 4.98 Å². The fourth-order valence-electron chi connectivity index (χ4n) is 5.20. The summed E-state index contributed by atoms with van der Waals surface area (Å²) in [6.07, 6.45) is 3.80. The van der Waals surface area contributed by atoms with Crippen LogP contribution >= 0.6 is 0 Å². The van der Waals surface area contributed by atoms with Crippen molar-refractivity contribution < 1.29 is 13.9 Å². The molecule has 1 N–H and O–H groups in total. The monoisotopic (exact) mass is 378 g/mol. The van der Waals surface area contributed by atoms with Crippen molar-refractivity contribution in [2.24, 2.45) is 11.8 Å². The van der Waals surface area contributed by atoms with E-state index in [0.717, 1.165) is 37.3 Å². The number of fused-ring (bicyclic) bond motifs is 1. The Morgan fingerprint density at radius 2 is 2.36 bits per heavy atom. The number of pyridine rings is 1. The number of hydrogen-bond acceptors (Lipinski definition) is 6. The maximum absolute atomic E-state index is 12.4. The number of aromatic nitrogens is 1. The Bertz CT molecular complexity index is 965. The number of rotatable bonds is 4. The van der Waals surface area contributed by atoms with Gasteiger partial charge in [0.1, 0.15) is 17.6 Å². The van der Waals surface area contributed by atoms with Gasteiger partial charge in [-0.1, -0.05) is 6.07 Å². The Kier molecular flexibility index (Phi) is 3.91. The second-order valence-electron chi connectivity index (χ2n) is 8.05. The topological polar surface area (TPSA) is 91.4 Å². The van der Waals surface area contributed by atoms with Gasteiger partial charge in [0.2, 0.25) is 0 Å². The lowest BCUT2D eigenvalue weighted by atomic mass is 9.73. The fraction of sp³-hybridized carbons (Fsp3) is 0.476. The van der Waals surface area contributed by atoms with Crippen molar-refractivity contribution in [3.05, 3.63) is 47.5 Å². The van der Waals surface area contributed by atoms with Crippen molar-refractivity contribution >= 4 is 11.7 Å². The lowest BCUT2D eigenvalue weighted by Gasteiger charge is -2.29. The molecule has 28 heavy (non-hydrogen) atoms. The molecule has 0 aromatic carbocycles. The van der Waals surface area contributed by atoms with Gasteiger partial charge in [-0.05, 0) is 38.0 Å². The molecule has 3 aliphatic heterocycles. The van der Waals surface area contributed by atoms with Gasteiger partial charge in [0.25, 0.3) is 5.91 Å². The van der Waals surface area contributed by atoms with E-state index in [9.17, 15) is 4.79 Å². The quantitative estimate of drug-likeness (QED) is 0.878. The first kappa shape index (κ1) is 17.3. The molecule has 7 heteroatoms. The van der Waals surface area contributed by atoms with Gasteiger partial charge in [0, 0.05) is 37.0 Å². The molecule has 144 valence electrons. The highest BCUT2D eigenvalue weighted by atomic mass is 16.5. The van der Waals surface area contributed by atoms with Crippen molar-refractivity contribution in [3.8, 4) is 6.07 Å². The predicted molar refractivity (Wildman–Crippen MR) is 101 cm³/mol. The van der Waals surface area contributed by atoms with Gasteiger partial charge in [-0.15, -0.1) is 0 Å².